The number of nitrogens with two attached hydrogens (primary N) is 1. The molecular formula is C13H19BrClN3O3. The van der Waals surface area contributed by atoms with Crippen LogP contribution in [0.3, 0.4) is 0 Å². The predicted molar refractivity (Wildman–Crippen MR) is 86.6 cm³/mol. The zero-order valence-corrected chi connectivity index (χ0v) is 14.0. The molecule has 1 aromatic rings. The highest BCUT2D eigenvalue weighted by Gasteiger charge is 2.08. The zero-order valence-electron chi connectivity index (χ0n) is 11.6. The minimum Gasteiger partial charge on any atom is -0.489 e. The van der Waals surface area contributed by atoms with Crippen LogP contribution in [0.25, 0.3) is 0 Å². The average molecular weight is 381 g/mol. The summed E-state index contributed by atoms with van der Waals surface area (Å²) in [5.74, 6) is 0.0765. The highest BCUT2D eigenvalue weighted by atomic mass is 79.9. The van der Waals surface area contributed by atoms with E-state index in [1.165, 1.54) is 0 Å². The number of hydrogen-bond acceptors (Lipinski definition) is 4. The van der Waals surface area contributed by atoms with Crippen molar-refractivity contribution in [3.8, 4) is 5.75 Å². The summed E-state index contributed by atoms with van der Waals surface area (Å²) in [5, 5.41) is 5.06. The van der Waals surface area contributed by atoms with E-state index in [1.807, 2.05) is 31.2 Å². The molecule has 0 saturated carbocycles. The zero-order chi connectivity index (χ0) is 15.0. The third-order valence-electron chi connectivity index (χ3n) is 2.35. The average Bonchev–Trinajstić information content (AvgIpc) is 2.42. The van der Waals surface area contributed by atoms with E-state index in [1.54, 1.807) is 0 Å². The van der Waals surface area contributed by atoms with E-state index >= 15 is 0 Å². The van der Waals surface area contributed by atoms with Crippen LogP contribution in [0.15, 0.2) is 28.7 Å². The topological polar surface area (TPSA) is 93.5 Å². The number of rotatable bonds is 7. The molecular weight excluding hydrogens is 362 g/mol. The van der Waals surface area contributed by atoms with Gasteiger partial charge in [0.05, 0.1) is 19.6 Å². The minimum absolute atomic E-state index is 0. The number of benzene rings is 1. The van der Waals surface area contributed by atoms with Gasteiger partial charge in [0.1, 0.15) is 11.9 Å². The van der Waals surface area contributed by atoms with Crippen LogP contribution < -0.4 is 21.1 Å². The van der Waals surface area contributed by atoms with Crippen molar-refractivity contribution >= 4 is 40.2 Å². The molecule has 0 heterocycles. The Morgan fingerprint density at radius 3 is 2.67 bits per heavy atom. The Bertz CT molecular complexity index is 474. The summed E-state index contributed by atoms with van der Waals surface area (Å²) in [4.78, 5) is 22.3. The van der Waals surface area contributed by atoms with Gasteiger partial charge in [0.15, 0.2) is 0 Å². The summed E-state index contributed by atoms with van der Waals surface area (Å²) in [6, 6.07) is 7.46. The standard InChI is InChI=1S/C13H18BrN3O3.ClH/c1-9(20-11-4-2-3-10(14)5-11)7-16-13(19)8-17-12(18)6-15;/h2-5,9H,6-8,15H2,1H3,(H,16,19)(H,17,18);1H. The Labute approximate surface area is 138 Å². The van der Waals surface area contributed by atoms with Gasteiger partial charge in [0.2, 0.25) is 11.8 Å². The third kappa shape index (κ3) is 8.54. The molecule has 0 fully saturated rings. The number of amides is 2. The molecule has 4 N–H and O–H groups in total. The summed E-state index contributed by atoms with van der Waals surface area (Å²) in [6.07, 6.45) is -0.182. The first kappa shape index (κ1) is 19.7. The van der Waals surface area contributed by atoms with Crippen molar-refractivity contribution in [1.29, 1.82) is 0 Å². The van der Waals surface area contributed by atoms with Crippen molar-refractivity contribution in [2.75, 3.05) is 19.6 Å². The quantitative estimate of drug-likeness (QED) is 0.653. The van der Waals surface area contributed by atoms with Crippen LogP contribution >= 0.6 is 28.3 Å². The van der Waals surface area contributed by atoms with Gasteiger partial charge in [-0.05, 0) is 25.1 Å². The molecule has 0 aliphatic heterocycles. The molecule has 0 aliphatic carbocycles. The summed E-state index contributed by atoms with van der Waals surface area (Å²) >= 11 is 3.35. The first-order valence-electron chi connectivity index (χ1n) is 6.17. The second-order valence-corrected chi connectivity index (χ2v) is 5.09. The fourth-order valence-corrected chi connectivity index (χ4v) is 1.76. The first-order chi connectivity index (χ1) is 9.51. The lowest BCUT2D eigenvalue weighted by Gasteiger charge is -2.15. The van der Waals surface area contributed by atoms with Crippen LogP contribution in [0.4, 0.5) is 0 Å². The largest absolute Gasteiger partial charge is 0.489 e. The number of ether oxygens (including phenoxy) is 1. The molecule has 1 unspecified atom stereocenters. The number of carbonyl (C=O) groups is 2. The Kier molecular flexibility index (Phi) is 9.77. The van der Waals surface area contributed by atoms with Crippen molar-refractivity contribution in [3.05, 3.63) is 28.7 Å². The molecule has 0 radical (unpaired) electrons. The maximum absolute atomic E-state index is 11.4. The lowest BCUT2D eigenvalue weighted by molar-refractivity contribution is -0.125. The lowest BCUT2D eigenvalue weighted by atomic mass is 10.3. The van der Waals surface area contributed by atoms with Crippen molar-refractivity contribution in [1.82, 2.24) is 10.6 Å². The fourth-order valence-electron chi connectivity index (χ4n) is 1.39. The van der Waals surface area contributed by atoms with E-state index in [2.05, 4.69) is 26.6 Å². The Morgan fingerprint density at radius 1 is 1.33 bits per heavy atom. The maximum Gasteiger partial charge on any atom is 0.239 e. The van der Waals surface area contributed by atoms with Gasteiger partial charge in [-0.15, -0.1) is 12.4 Å². The smallest absolute Gasteiger partial charge is 0.239 e. The number of halogens is 2. The highest BCUT2D eigenvalue weighted by molar-refractivity contribution is 9.10. The van der Waals surface area contributed by atoms with E-state index < -0.39 is 0 Å². The van der Waals surface area contributed by atoms with Gasteiger partial charge < -0.3 is 21.1 Å². The summed E-state index contributed by atoms with van der Waals surface area (Å²) in [6.45, 7) is 1.98. The van der Waals surface area contributed by atoms with Crippen LogP contribution in [0, 0.1) is 0 Å². The van der Waals surface area contributed by atoms with Crippen molar-refractivity contribution in [2.45, 2.75) is 13.0 Å². The molecule has 118 valence electrons. The van der Waals surface area contributed by atoms with Gasteiger partial charge in [-0.1, -0.05) is 22.0 Å². The van der Waals surface area contributed by atoms with E-state index in [0.717, 1.165) is 10.2 Å². The highest BCUT2D eigenvalue weighted by Crippen LogP contribution is 2.18. The molecule has 0 spiro atoms. The summed E-state index contributed by atoms with van der Waals surface area (Å²) in [5.41, 5.74) is 5.11. The van der Waals surface area contributed by atoms with Crippen LogP contribution in [-0.2, 0) is 9.59 Å². The van der Waals surface area contributed by atoms with Crippen molar-refractivity contribution in [2.24, 2.45) is 5.73 Å². The number of carbonyl (C=O) groups excluding carboxylic acids is 2. The predicted octanol–water partition coefficient (Wildman–Crippen LogP) is 0.829. The van der Waals surface area contributed by atoms with E-state index in [-0.39, 0.29) is 43.4 Å². The second-order valence-electron chi connectivity index (χ2n) is 4.17. The van der Waals surface area contributed by atoms with Crippen LogP contribution in [0.1, 0.15) is 6.92 Å². The van der Waals surface area contributed by atoms with Crippen LogP contribution in [0.2, 0.25) is 0 Å². The normalized spacial score (nSPS) is 11.0. The van der Waals surface area contributed by atoms with E-state index in [9.17, 15) is 9.59 Å². The molecule has 1 aromatic carbocycles. The van der Waals surface area contributed by atoms with Gasteiger partial charge >= 0.3 is 0 Å². The molecule has 1 atom stereocenters. The van der Waals surface area contributed by atoms with E-state index in [4.69, 9.17) is 10.5 Å². The third-order valence-corrected chi connectivity index (χ3v) is 2.84. The molecule has 6 nitrogen and oxygen atoms in total. The molecule has 2 amide bonds. The van der Waals surface area contributed by atoms with Gasteiger partial charge in [-0.25, -0.2) is 0 Å². The molecule has 0 aliphatic rings. The van der Waals surface area contributed by atoms with Gasteiger partial charge in [0, 0.05) is 4.47 Å². The monoisotopic (exact) mass is 379 g/mol. The minimum atomic E-state index is -0.362. The molecule has 0 aromatic heterocycles. The van der Waals surface area contributed by atoms with Crippen molar-refractivity contribution < 1.29 is 14.3 Å². The SMILES string of the molecule is CC(CNC(=O)CNC(=O)CN)Oc1cccc(Br)c1.Cl. The molecule has 1 rings (SSSR count). The van der Waals surface area contributed by atoms with Gasteiger partial charge in [0.25, 0.3) is 0 Å². The summed E-state index contributed by atoms with van der Waals surface area (Å²) < 4.78 is 6.57. The molecule has 0 bridgehead atoms. The molecule has 0 saturated heterocycles. The summed E-state index contributed by atoms with van der Waals surface area (Å²) in [7, 11) is 0. The molecule has 8 heteroatoms. The van der Waals surface area contributed by atoms with Crippen LogP contribution in [-0.4, -0.2) is 37.6 Å². The molecule has 21 heavy (non-hydrogen) atoms. The lowest BCUT2D eigenvalue weighted by Crippen LogP contribution is -2.42. The second kappa shape index (κ2) is 10.4. The first-order valence-corrected chi connectivity index (χ1v) is 6.96. The van der Waals surface area contributed by atoms with Gasteiger partial charge in [-0.2, -0.15) is 0 Å². The Balaban J connectivity index is 0.00000400. The number of nitrogens with one attached hydrogen (secondary N) is 2. The maximum atomic E-state index is 11.4. The van der Waals surface area contributed by atoms with Crippen LogP contribution in [0.5, 0.6) is 5.75 Å². The Hall–Kier alpha value is -1.31. The number of hydrogen-bond donors (Lipinski definition) is 3. The van der Waals surface area contributed by atoms with Gasteiger partial charge in [-0.3, -0.25) is 9.59 Å². The fraction of sp³-hybridized carbons (Fsp3) is 0.385. The van der Waals surface area contributed by atoms with E-state index in [0.29, 0.717) is 6.54 Å². The Morgan fingerprint density at radius 2 is 2.05 bits per heavy atom. The van der Waals surface area contributed by atoms with Crippen molar-refractivity contribution in [3.63, 3.8) is 0 Å².